The fourth-order valence-electron chi connectivity index (χ4n) is 8.05. The van der Waals surface area contributed by atoms with Crippen molar-refractivity contribution in [1.29, 1.82) is 0 Å². The molecule has 1 aromatic heterocycles. The minimum absolute atomic E-state index is 0.0125. The first kappa shape index (κ1) is 61.8. The molecule has 22 nitrogen and oxygen atoms in total. The van der Waals surface area contributed by atoms with E-state index in [9.17, 15) is 48.3 Å². The van der Waals surface area contributed by atoms with Crippen LogP contribution in [0.25, 0.3) is 0 Å². The molecule has 0 unspecified atom stereocenters. The van der Waals surface area contributed by atoms with E-state index in [0.29, 0.717) is 35.5 Å². The van der Waals surface area contributed by atoms with E-state index >= 15 is 0 Å². The predicted molar refractivity (Wildman–Crippen MR) is 277 cm³/mol. The highest BCUT2D eigenvalue weighted by molar-refractivity contribution is 7.10. The van der Waals surface area contributed by atoms with E-state index in [4.69, 9.17) is 21.7 Å². The Hall–Kier alpha value is -6.48. The highest BCUT2D eigenvalue weighted by atomic mass is 32.1. The number of thiazole rings is 1. The molecule has 1 saturated heterocycles. The zero-order valence-corrected chi connectivity index (χ0v) is 44.7. The number of ether oxygens (including phenoxy) is 1. The van der Waals surface area contributed by atoms with E-state index in [2.05, 4.69) is 47.7 Å². The number of carbonyl (C=O) groups excluding carboxylic acids is 8. The van der Waals surface area contributed by atoms with Gasteiger partial charge < -0.3 is 47.5 Å². The third kappa shape index (κ3) is 20.4. The van der Waals surface area contributed by atoms with Crippen molar-refractivity contribution >= 4 is 76.1 Å². The molecule has 1 aromatic carbocycles. The molecule has 1 fully saturated rings. The Labute approximate surface area is 437 Å². The second-order valence-corrected chi connectivity index (χ2v) is 20.3. The number of anilines is 2. The molecule has 0 radical (unpaired) electrons. The number of amides is 7. The predicted octanol–water partition coefficient (Wildman–Crippen LogP) is 3.10. The number of carboxylic acids is 1. The van der Waals surface area contributed by atoms with E-state index in [1.807, 2.05) is 34.7 Å². The number of benzene rings is 1. The number of hydrogen-bond acceptors (Lipinski definition) is 15. The molecule has 7 amide bonds. The first-order chi connectivity index (χ1) is 35.0. The second-order valence-electron chi connectivity index (χ2n) is 19.4. The molecular weight excluding hydrogens is 977 g/mol. The third-order valence-corrected chi connectivity index (χ3v) is 13.5. The Morgan fingerprint density at radius 1 is 0.946 bits per heavy atom. The maximum Gasteiger partial charge on any atom is 0.309 e. The van der Waals surface area contributed by atoms with Crippen molar-refractivity contribution in [3.63, 3.8) is 0 Å². The van der Waals surface area contributed by atoms with Crippen LogP contribution in [-0.4, -0.2) is 132 Å². The molecular formula is C51H76N10O12S. The van der Waals surface area contributed by atoms with Gasteiger partial charge in [0.2, 0.25) is 35.4 Å². The van der Waals surface area contributed by atoms with Crippen molar-refractivity contribution in [2.75, 3.05) is 57.0 Å². The molecule has 2 aromatic rings. The fraction of sp³-hybridized carbons (Fsp3) is 0.608. The van der Waals surface area contributed by atoms with E-state index in [-0.39, 0.29) is 62.8 Å². The topological polar surface area (TPSA) is 310 Å². The van der Waals surface area contributed by atoms with Gasteiger partial charge in [0.25, 0.3) is 5.91 Å². The van der Waals surface area contributed by atoms with Gasteiger partial charge in [-0.05, 0) is 95.5 Å². The van der Waals surface area contributed by atoms with Crippen molar-refractivity contribution in [3.8, 4) is 12.3 Å². The van der Waals surface area contributed by atoms with Crippen LogP contribution in [-0.2, 0) is 59.1 Å². The lowest BCUT2D eigenvalue weighted by Crippen LogP contribution is -2.55. The van der Waals surface area contributed by atoms with Gasteiger partial charge in [0.1, 0.15) is 16.7 Å². The summed E-state index contributed by atoms with van der Waals surface area (Å²) in [5.74, 6) is -5.52. The summed E-state index contributed by atoms with van der Waals surface area (Å²) in [6.07, 6.45) is 8.38. The summed E-state index contributed by atoms with van der Waals surface area (Å²) in [5, 5.41) is 28.7. The van der Waals surface area contributed by atoms with Gasteiger partial charge in [0.15, 0.2) is 6.10 Å². The lowest BCUT2D eigenvalue weighted by Gasteiger charge is -2.38. The van der Waals surface area contributed by atoms with Crippen molar-refractivity contribution in [2.45, 2.75) is 125 Å². The molecule has 6 atom stereocenters. The number of unbranched alkanes of at least 4 members (excludes halogenated alkanes) is 1. The van der Waals surface area contributed by atoms with Crippen LogP contribution in [0.3, 0.4) is 0 Å². The average Bonchev–Trinajstić information content (AvgIpc) is 3.82. The number of aromatic nitrogens is 1. The number of piperidine rings is 1. The Morgan fingerprint density at radius 3 is 2.15 bits per heavy atom. The first-order valence-electron chi connectivity index (χ1n) is 25.0. The lowest BCUT2D eigenvalue weighted by atomic mass is 9.80. The fourth-order valence-corrected chi connectivity index (χ4v) is 8.84. The van der Waals surface area contributed by atoms with Gasteiger partial charge in [-0.1, -0.05) is 46.2 Å². The number of nitrogens with two attached hydrogens (primary N) is 1. The number of nitrogens with zero attached hydrogens (tertiary/aromatic N) is 3. The second kappa shape index (κ2) is 30.7. The molecule has 9 N–H and O–H groups in total. The summed E-state index contributed by atoms with van der Waals surface area (Å²) in [5.41, 5.74) is 4.86. The SMILES string of the molecule is C#CCCCON(C(=O)[C@H](C(=O)N[C@H]1CCCCN1C)[C@@H](C)CC)[C@H](C[C@@H](OC(C)=O)c1nc(NC(=O)[C@@H](Cc2ccc(NC(=O)CNC(=O)CNC(=O)CNC(=O)CN)cc2)CC(C)(C)C(=O)O)cs1)C(C)C. The standard InChI is InChI=1S/C51H76N10O12S/c1-10-12-15-22-72-61(49(69)45(32(5)11-2)47(68)59-40-16-13-14-21-60(40)9)37(31(3)4)24-38(73-33(6)62)48-58-39(30-74-48)57-46(67)35(25-51(7,8)50(70)71)23-34-17-19-36(20-18-34)56-44(66)29-55-43(65)28-54-42(64)27-53-41(63)26-52/h1,17-20,30-32,35,37-38,40,45H,11-16,21-29,52H2,2-9H3,(H,53,63)(H,54,64)(H,55,65)(H,56,66)(H,57,67)(H,59,68)(H,70,71)/t32-,35-,37+,38+,40+,45-/m0/s1. The van der Waals surface area contributed by atoms with Crippen molar-refractivity contribution in [1.82, 2.24) is 36.2 Å². The summed E-state index contributed by atoms with van der Waals surface area (Å²) in [4.78, 5) is 129. The van der Waals surface area contributed by atoms with E-state index in [0.717, 1.165) is 37.1 Å². The van der Waals surface area contributed by atoms with Gasteiger partial charge in [0.05, 0.1) is 50.4 Å². The molecule has 0 aliphatic carbocycles. The van der Waals surface area contributed by atoms with Crippen molar-refractivity contribution < 1.29 is 57.8 Å². The number of carbonyl (C=O) groups is 9. The smallest absolute Gasteiger partial charge is 0.309 e. The van der Waals surface area contributed by atoms with Gasteiger partial charge in [0, 0.05) is 36.8 Å². The molecule has 3 rings (SSSR count). The van der Waals surface area contributed by atoms with Crippen LogP contribution < -0.4 is 37.6 Å². The van der Waals surface area contributed by atoms with Gasteiger partial charge in [-0.25, -0.2) is 10.0 Å². The highest BCUT2D eigenvalue weighted by Crippen LogP contribution is 2.35. The zero-order chi connectivity index (χ0) is 55.1. The van der Waals surface area contributed by atoms with Crippen molar-refractivity contribution in [3.05, 3.63) is 40.2 Å². The number of likely N-dealkylation sites (tertiary alicyclic amines) is 1. The van der Waals surface area contributed by atoms with Crippen LogP contribution in [0.5, 0.6) is 0 Å². The van der Waals surface area contributed by atoms with E-state index in [1.165, 1.54) is 25.8 Å². The molecule has 2 heterocycles. The number of carboxylic acid groups (broad SMARTS) is 1. The minimum Gasteiger partial charge on any atom is -0.481 e. The zero-order valence-electron chi connectivity index (χ0n) is 43.9. The number of terminal acetylenes is 1. The van der Waals surface area contributed by atoms with E-state index < -0.39 is 95.8 Å². The van der Waals surface area contributed by atoms with Crippen LogP contribution >= 0.6 is 11.3 Å². The third-order valence-electron chi connectivity index (χ3n) is 12.6. The summed E-state index contributed by atoms with van der Waals surface area (Å²) in [6.45, 7) is 11.2. The van der Waals surface area contributed by atoms with Crippen LogP contribution in [0.2, 0.25) is 0 Å². The number of nitrogens with one attached hydrogen (secondary N) is 6. The van der Waals surface area contributed by atoms with Gasteiger partial charge in [-0.3, -0.25) is 52.9 Å². The monoisotopic (exact) mass is 1050 g/mol. The van der Waals surface area contributed by atoms with Gasteiger partial charge in [-0.15, -0.1) is 23.7 Å². The van der Waals surface area contributed by atoms with Crippen LogP contribution in [0.1, 0.15) is 117 Å². The van der Waals surface area contributed by atoms with Crippen LogP contribution in [0, 0.1) is 41.4 Å². The molecule has 1 aliphatic rings. The number of hydrogen-bond donors (Lipinski definition) is 8. The lowest BCUT2D eigenvalue weighted by molar-refractivity contribution is -0.215. The molecule has 408 valence electrons. The van der Waals surface area contributed by atoms with Crippen molar-refractivity contribution in [2.24, 2.45) is 34.8 Å². The van der Waals surface area contributed by atoms with Gasteiger partial charge in [-0.2, -0.15) is 0 Å². The normalized spacial score (nSPS) is 15.7. The molecule has 0 bridgehead atoms. The van der Waals surface area contributed by atoms with Crippen LogP contribution in [0.15, 0.2) is 29.6 Å². The Balaban J connectivity index is 1.82. The summed E-state index contributed by atoms with van der Waals surface area (Å²) in [7, 11) is 1.94. The molecule has 1 aliphatic heterocycles. The number of rotatable bonds is 30. The molecule has 74 heavy (non-hydrogen) atoms. The first-order valence-corrected chi connectivity index (χ1v) is 25.8. The summed E-state index contributed by atoms with van der Waals surface area (Å²) < 4.78 is 5.86. The largest absolute Gasteiger partial charge is 0.481 e. The molecule has 0 spiro atoms. The Bertz CT molecular complexity index is 2280. The maximum absolute atomic E-state index is 14.8. The van der Waals surface area contributed by atoms with Gasteiger partial charge >= 0.3 is 11.9 Å². The number of esters is 1. The Kier molecular flexibility index (Phi) is 25.6. The molecule has 23 heteroatoms. The maximum atomic E-state index is 14.8. The summed E-state index contributed by atoms with van der Waals surface area (Å²) >= 11 is 1.11. The van der Waals surface area contributed by atoms with E-state index in [1.54, 1.807) is 29.6 Å². The summed E-state index contributed by atoms with van der Waals surface area (Å²) in [6, 6.07) is 5.76. The highest BCUT2D eigenvalue weighted by Gasteiger charge is 2.42. The minimum atomic E-state index is -1.32. The van der Waals surface area contributed by atoms with Crippen LogP contribution in [0.4, 0.5) is 11.5 Å². The molecule has 0 saturated carbocycles. The number of hydroxylamine groups is 2. The quantitative estimate of drug-likeness (QED) is 0.0183. The Morgan fingerprint density at radius 2 is 1.58 bits per heavy atom. The average molecular weight is 1050 g/mol. The number of aliphatic carboxylic acids is 1.